The van der Waals surface area contributed by atoms with Crippen LogP contribution >= 0.6 is 0 Å². The van der Waals surface area contributed by atoms with E-state index in [-0.39, 0.29) is 5.91 Å². The van der Waals surface area contributed by atoms with E-state index in [0.29, 0.717) is 5.92 Å². The molecule has 1 atom stereocenters. The first-order valence-corrected chi connectivity index (χ1v) is 7.46. The SMILES string of the molecule is CCCNC(C)(CCCn1ccnc1C(C)C)C(N)=O. The summed E-state index contributed by atoms with van der Waals surface area (Å²) < 4.78 is 2.16. The first kappa shape index (κ1) is 16.7. The van der Waals surface area contributed by atoms with Gasteiger partial charge in [0.2, 0.25) is 5.91 Å². The van der Waals surface area contributed by atoms with Crippen molar-refractivity contribution in [1.82, 2.24) is 14.9 Å². The van der Waals surface area contributed by atoms with Crippen molar-refractivity contribution < 1.29 is 4.79 Å². The molecule has 0 bridgehead atoms. The molecule has 0 spiro atoms. The van der Waals surface area contributed by atoms with Crippen molar-refractivity contribution in [2.45, 2.75) is 65.0 Å². The highest BCUT2D eigenvalue weighted by Gasteiger charge is 2.29. The second kappa shape index (κ2) is 7.43. The predicted octanol–water partition coefficient (Wildman–Crippen LogP) is 2.03. The van der Waals surface area contributed by atoms with E-state index >= 15 is 0 Å². The van der Waals surface area contributed by atoms with Gasteiger partial charge in [0, 0.05) is 24.9 Å². The number of hydrogen-bond donors (Lipinski definition) is 2. The Morgan fingerprint density at radius 1 is 1.55 bits per heavy atom. The van der Waals surface area contributed by atoms with Gasteiger partial charge in [-0.25, -0.2) is 4.98 Å². The van der Waals surface area contributed by atoms with E-state index < -0.39 is 5.54 Å². The predicted molar refractivity (Wildman–Crippen MR) is 81.4 cm³/mol. The molecule has 1 heterocycles. The van der Waals surface area contributed by atoms with Gasteiger partial charge in [-0.3, -0.25) is 4.79 Å². The number of nitrogens with zero attached hydrogens (tertiary/aromatic N) is 2. The van der Waals surface area contributed by atoms with Crippen LogP contribution in [0.25, 0.3) is 0 Å². The highest BCUT2D eigenvalue weighted by Crippen LogP contribution is 2.16. The second-order valence-corrected chi connectivity index (χ2v) is 5.86. The van der Waals surface area contributed by atoms with E-state index in [2.05, 4.69) is 35.6 Å². The highest BCUT2D eigenvalue weighted by atomic mass is 16.1. The Labute approximate surface area is 122 Å². The lowest BCUT2D eigenvalue weighted by atomic mass is 9.94. The molecule has 5 nitrogen and oxygen atoms in total. The second-order valence-electron chi connectivity index (χ2n) is 5.86. The Morgan fingerprint density at radius 3 is 2.80 bits per heavy atom. The van der Waals surface area contributed by atoms with Crippen LogP contribution in [-0.4, -0.2) is 27.5 Å². The summed E-state index contributed by atoms with van der Waals surface area (Å²) in [5.41, 5.74) is 4.91. The third kappa shape index (κ3) is 4.34. The Kier molecular flexibility index (Phi) is 6.20. The molecule has 0 aromatic carbocycles. The molecule has 1 unspecified atom stereocenters. The van der Waals surface area contributed by atoms with Crippen molar-refractivity contribution in [3.05, 3.63) is 18.2 Å². The maximum Gasteiger partial charge on any atom is 0.237 e. The molecule has 0 saturated carbocycles. The van der Waals surface area contributed by atoms with Crippen LogP contribution in [-0.2, 0) is 11.3 Å². The molecule has 5 heteroatoms. The Bertz CT molecular complexity index is 427. The van der Waals surface area contributed by atoms with Gasteiger partial charge in [-0.15, -0.1) is 0 Å². The smallest absolute Gasteiger partial charge is 0.237 e. The van der Waals surface area contributed by atoms with E-state index in [1.807, 2.05) is 19.3 Å². The molecular weight excluding hydrogens is 252 g/mol. The Balaban J connectivity index is 2.56. The van der Waals surface area contributed by atoms with Gasteiger partial charge in [0.15, 0.2) is 0 Å². The number of carbonyl (C=O) groups is 1. The molecule has 1 aromatic heterocycles. The number of nitrogens with two attached hydrogens (primary N) is 1. The van der Waals surface area contributed by atoms with E-state index in [1.165, 1.54) is 0 Å². The molecule has 0 saturated heterocycles. The first-order valence-electron chi connectivity index (χ1n) is 7.46. The summed E-state index contributed by atoms with van der Waals surface area (Å²) in [6.45, 7) is 9.91. The number of rotatable bonds is 9. The first-order chi connectivity index (χ1) is 9.40. The van der Waals surface area contributed by atoms with Crippen LogP contribution in [0.4, 0.5) is 0 Å². The van der Waals surface area contributed by atoms with E-state index in [4.69, 9.17) is 5.73 Å². The molecular formula is C15H28N4O. The molecule has 20 heavy (non-hydrogen) atoms. The molecule has 0 fully saturated rings. The van der Waals surface area contributed by atoms with E-state index in [0.717, 1.165) is 38.2 Å². The van der Waals surface area contributed by atoms with Gasteiger partial charge in [0.25, 0.3) is 0 Å². The minimum absolute atomic E-state index is 0.277. The zero-order chi connectivity index (χ0) is 15.2. The maximum absolute atomic E-state index is 11.6. The van der Waals surface area contributed by atoms with Gasteiger partial charge >= 0.3 is 0 Å². The number of nitrogens with one attached hydrogen (secondary N) is 1. The molecule has 0 radical (unpaired) electrons. The molecule has 114 valence electrons. The monoisotopic (exact) mass is 280 g/mol. The van der Waals surface area contributed by atoms with Gasteiger partial charge < -0.3 is 15.6 Å². The van der Waals surface area contributed by atoms with Crippen LogP contribution in [0.5, 0.6) is 0 Å². The van der Waals surface area contributed by atoms with Crippen molar-refractivity contribution >= 4 is 5.91 Å². The fraction of sp³-hybridized carbons (Fsp3) is 0.733. The summed E-state index contributed by atoms with van der Waals surface area (Å²) in [6, 6.07) is 0. The van der Waals surface area contributed by atoms with Gasteiger partial charge in [-0.2, -0.15) is 0 Å². The van der Waals surface area contributed by atoms with Crippen molar-refractivity contribution in [3.63, 3.8) is 0 Å². The van der Waals surface area contributed by atoms with Crippen molar-refractivity contribution in [1.29, 1.82) is 0 Å². The lowest BCUT2D eigenvalue weighted by Crippen LogP contribution is -2.53. The maximum atomic E-state index is 11.6. The summed E-state index contributed by atoms with van der Waals surface area (Å²) >= 11 is 0. The normalized spacial score (nSPS) is 14.4. The third-order valence-corrected chi connectivity index (χ3v) is 3.65. The summed E-state index contributed by atoms with van der Waals surface area (Å²) in [5.74, 6) is 1.22. The largest absolute Gasteiger partial charge is 0.368 e. The number of primary amides is 1. The minimum atomic E-state index is -0.616. The van der Waals surface area contributed by atoms with Gasteiger partial charge in [-0.05, 0) is 32.7 Å². The lowest BCUT2D eigenvalue weighted by molar-refractivity contribution is -0.124. The number of hydrogen-bond acceptors (Lipinski definition) is 3. The molecule has 0 aliphatic carbocycles. The third-order valence-electron chi connectivity index (χ3n) is 3.65. The minimum Gasteiger partial charge on any atom is -0.368 e. The highest BCUT2D eigenvalue weighted by molar-refractivity contribution is 5.84. The Hall–Kier alpha value is -1.36. The van der Waals surface area contributed by atoms with Crippen LogP contribution in [0, 0.1) is 0 Å². The lowest BCUT2D eigenvalue weighted by Gasteiger charge is -2.27. The average Bonchev–Trinajstić information content (AvgIpc) is 2.84. The van der Waals surface area contributed by atoms with E-state index in [9.17, 15) is 4.79 Å². The summed E-state index contributed by atoms with van der Waals surface area (Å²) in [4.78, 5) is 16.0. The molecule has 1 aromatic rings. The van der Waals surface area contributed by atoms with Gasteiger partial charge in [0.05, 0.1) is 5.54 Å². The number of aryl methyl sites for hydroxylation is 1. The van der Waals surface area contributed by atoms with Crippen molar-refractivity contribution in [2.24, 2.45) is 5.73 Å². The number of carbonyl (C=O) groups excluding carboxylic acids is 1. The number of amides is 1. The van der Waals surface area contributed by atoms with Crippen molar-refractivity contribution in [2.75, 3.05) is 6.54 Å². The van der Waals surface area contributed by atoms with Crippen LogP contribution in [0.2, 0.25) is 0 Å². The van der Waals surface area contributed by atoms with Gasteiger partial charge in [0.1, 0.15) is 5.82 Å². The zero-order valence-corrected chi connectivity index (χ0v) is 13.1. The molecule has 1 amide bonds. The van der Waals surface area contributed by atoms with Crippen LogP contribution in [0.15, 0.2) is 12.4 Å². The van der Waals surface area contributed by atoms with Gasteiger partial charge in [-0.1, -0.05) is 20.8 Å². The quantitative estimate of drug-likeness (QED) is 0.727. The molecule has 0 aliphatic heterocycles. The molecule has 3 N–H and O–H groups in total. The van der Waals surface area contributed by atoms with Crippen molar-refractivity contribution in [3.8, 4) is 0 Å². The summed E-state index contributed by atoms with van der Waals surface area (Å²) in [6.07, 6.45) is 6.44. The zero-order valence-electron chi connectivity index (χ0n) is 13.1. The fourth-order valence-electron chi connectivity index (χ4n) is 2.31. The van der Waals surface area contributed by atoms with Crippen LogP contribution in [0.1, 0.15) is 58.7 Å². The topological polar surface area (TPSA) is 72.9 Å². The summed E-state index contributed by atoms with van der Waals surface area (Å²) in [5, 5.41) is 3.26. The van der Waals surface area contributed by atoms with E-state index in [1.54, 1.807) is 0 Å². The van der Waals surface area contributed by atoms with Crippen LogP contribution in [0.3, 0.4) is 0 Å². The van der Waals surface area contributed by atoms with Crippen LogP contribution < -0.4 is 11.1 Å². The molecule has 0 aliphatic rings. The average molecular weight is 280 g/mol. The number of aromatic nitrogens is 2. The number of imidazole rings is 1. The standard InChI is InChI=1S/C15H28N4O/c1-5-8-18-15(4,14(16)20)7-6-10-19-11-9-17-13(19)12(2)3/h9,11-12,18H,5-8,10H2,1-4H3,(H2,16,20). The molecule has 1 rings (SSSR count). The summed E-state index contributed by atoms with van der Waals surface area (Å²) in [7, 11) is 0. The fourth-order valence-corrected chi connectivity index (χ4v) is 2.31. The Morgan fingerprint density at radius 2 is 2.25 bits per heavy atom.